The molecular formula is C13H26N2O2. The first kappa shape index (κ1) is 14.5. The SMILES string of the molecule is CC(C)(C)CCOCC(=O)N1CCCNCC1. The van der Waals surface area contributed by atoms with E-state index in [4.69, 9.17) is 4.74 Å². The molecule has 0 atom stereocenters. The van der Waals surface area contributed by atoms with Gasteiger partial charge in [0.1, 0.15) is 6.61 Å². The van der Waals surface area contributed by atoms with Gasteiger partial charge in [0.05, 0.1) is 0 Å². The van der Waals surface area contributed by atoms with Crippen molar-refractivity contribution in [2.24, 2.45) is 5.41 Å². The average molecular weight is 242 g/mol. The fourth-order valence-electron chi connectivity index (χ4n) is 1.72. The van der Waals surface area contributed by atoms with E-state index in [2.05, 4.69) is 26.1 Å². The van der Waals surface area contributed by atoms with Crippen LogP contribution in [0.1, 0.15) is 33.6 Å². The second-order valence-corrected chi connectivity index (χ2v) is 5.85. The molecule has 0 aliphatic carbocycles. The third kappa shape index (κ3) is 6.64. The van der Waals surface area contributed by atoms with Crippen LogP contribution in [0.2, 0.25) is 0 Å². The smallest absolute Gasteiger partial charge is 0.248 e. The molecule has 0 radical (unpaired) electrons. The molecule has 1 aliphatic heterocycles. The molecule has 1 amide bonds. The lowest BCUT2D eigenvalue weighted by molar-refractivity contribution is -0.136. The zero-order chi connectivity index (χ0) is 12.7. The summed E-state index contributed by atoms with van der Waals surface area (Å²) in [6.07, 6.45) is 2.02. The Morgan fingerprint density at radius 1 is 1.29 bits per heavy atom. The third-order valence-electron chi connectivity index (χ3n) is 2.91. The Bertz CT molecular complexity index is 228. The molecule has 0 aromatic heterocycles. The van der Waals surface area contributed by atoms with Crippen molar-refractivity contribution in [3.05, 3.63) is 0 Å². The van der Waals surface area contributed by atoms with E-state index in [9.17, 15) is 4.79 Å². The first-order chi connectivity index (χ1) is 7.99. The van der Waals surface area contributed by atoms with Crippen molar-refractivity contribution in [3.8, 4) is 0 Å². The van der Waals surface area contributed by atoms with Crippen LogP contribution < -0.4 is 5.32 Å². The Balaban J connectivity index is 2.15. The fraction of sp³-hybridized carbons (Fsp3) is 0.923. The molecule has 0 aromatic rings. The zero-order valence-corrected chi connectivity index (χ0v) is 11.4. The van der Waals surface area contributed by atoms with Crippen molar-refractivity contribution >= 4 is 5.91 Å². The third-order valence-corrected chi connectivity index (χ3v) is 2.91. The van der Waals surface area contributed by atoms with E-state index in [1.165, 1.54) is 0 Å². The van der Waals surface area contributed by atoms with Gasteiger partial charge in [0.15, 0.2) is 0 Å². The lowest BCUT2D eigenvalue weighted by atomic mass is 9.93. The van der Waals surface area contributed by atoms with Gasteiger partial charge in [0, 0.05) is 26.2 Å². The Hall–Kier alpha value is -0.610. The van der Waals surface area contributed by atoms with E-state index in [1.807, 2.05) is 4.90 Å². The van der Waals surface area contributed by atoms with Crippen LogP contribution in [0.15, 0.2) is 0 Å². The number of nitrogens with zero attached hydrogens (tertiary/aromatic N) is 1. The van der Waals surface area contributed by atoms with E-state index in [0.29, 0.717) is 6.61 Å². The predicted molar refractivity (Wildman–Crippen MR) is 69.0 cm³/mol. The maximum absolute atomic E-state index is 11.8. The summed E-state index contributed by atoms with van der Waals surface area (Å²) in [6, 6.07) is 0. The van der Waals surface area contributed by atoms with Crippen LogP contribution in [0.4, 0.5) is 0 Å². The summed E-state index contributed by atoms with van der Waals surface area (Å²) in [5.74, 6) is 0.127. The second kappa shape index (κ2) is 6.97. The Morgan fingerprint density at radius 3 is 2.76 bits per heavy atom. The molecule has 0 unspecified atom stereocenters. The number of nitrogens with one attached hydrogen (secondary N) is 1. The number of carbonyl (C=O) groups is 1. The summed E-state index contributed by atoms with van der Waals surface area (Å²) in [7, 11) is 0. The van der Waals surface area contributed by atoms with Crippen LogP contribution in [0, 0.1) is 5.41 Å². The fourth-order valence-corrected chi connectivity index (χ4v) is 1.72. The molecule has 1 fully saturated rings. The van der Waals surface area contributed by atoms with Crippen molar-refractivity contribution < 1.29 is 9.53 Å². The highest BCUT2D eigenvalue weighted by Crippen LogP contribution is 2.17. The van der Waals surface area contributed by atoms with Crippen LogP contribution in [0.3, 0.4) is 0 Å². The molecular weight excluding hydrogens is 216 g/mol. The molecule has 0 saturated carbocycles. The standard InChI is InChI=1S/C13H26N2O2/c1-13(2,3)5-10-17-11-12(16)15-8-4-6-14-7-9-15/h14H,4-11H2,1-3H3. The van der Waals surface area contributed by atoms with Gasteiger partial charge in [-0.1, -0.05) is 20.8 Å². The Kier molecular flexibility index (Phi) is 5.92. The molecule has 0 spiro atoms. The van der Waals surface area contributed by atoms with E-state index < -0.39 is 0 Å². The minimum absolute atomic E-state index is 0.127. The molecule has 17 heavy (non-hydrogen) atoms. The maximum atomic E-state index is 11.8. The van der Waals surface area contributed by atoms with Crippen molar-refractivity contribution in [2.45, 2.75) is 33.6 Å². The first-order valence-corrected chi connectivity index (χ1v) is 6.55. The lowest BCUT2D eigenvalue weighted by Gasteiger charge is -2.21. The molecule has 1 saturated heterocycles. The van der Waals surface area contributed by atoms with Gasteiger partial charge < -0.3 is 15.0 Å². The van der Waals surface area contributed by atoms with Gasteiger partial charge in [0.25, 0.3) is 0 Å². The normalized spacial score (nSPS) is 17.9. The number of carbonyl (C=O) groups excluding carboxylic acids is 1. The van der Waals surface area contributed by atoms with Gasteiger partial charge in [-0.15, -0.1) is 0 Å². The minimum atomic E-state index is 0.127. The molecule has 1 N–H and O–H groups in total. The summed E-state index contributed by atoms with van der Waals surface area (Å²) in [5, 5.41) is 3.28. The van der Waals surface area contributed by atoms with Crippen molar-refractivity contribution in [2.75, 3.05) is 39.4 Å². The first-order valence-electron chi connectivity index (χ1n) is 6.55. The molecule has 1 aliphatic rings. The summed E-state index contributed by atoms with van der Waals surface area (Å²) < 4.78 is 5.45. The molecule has 1 heterocycles. The summed E-state index contributed by atoms with van der Waals surface area (Å²) in [6.45, 7) is 11.0. The molecule has 1 rings (SSSR count). The quantitative estimate of drug-likeness (QED) is 0.755. The number of amides is 1. The highest BCUT2D eigenvalue weighted by atomic mass is 16.5. The minimum Gasteiger partial charge on any atom is -0.372 e. The van der Waals surface area contributed by atoms with Gasteiger partial charge in [-0.2, -0.15) is 0 Å². The van der Waals surface area contributed by atoms with Gasteiger partial charge in [-0.3, -0.25) is 4.79 Å². The number of rotatable bonds is 4. The molecule has 0 aromatic carbocycles. The average Bonchev–Trinajstić information content (AvgIpc) is 2.51. The van der Waals surface area contributed by atoms with Crippen molar-refractivity contribution in [1.82, 2.24) is 10.2 Å². The number of hydrogen-bond acceptors (Lipinski definition) is 3. The van der Waals surface area contributed by atoms with Crippen LogP contribution in [-0.2, 0) is 9.53 Å². The highest BCUT2D eigenvalue weighted by molar-refractivity contribution is 5.77. The summed E-state index contributed by atoms with van der Waals surface area (Å²) in [4.78, 5) is 13.7. The monoisotopic (exact) mass is 242 g/mol. The van der Waals surface area contributed by atoms with Crippen LogP contribution in [0.25, 0.3) is 0 Å². The van der Waals surface area contributed by atoms with E-state index in [-0.39, 0.29) is 17.9 Å². The van der Waals surface area contributed by atoms with E-state index in [1.54, 1.807) is 0 Å². The van der Waals surface area contributed by atoms with Crippen LogP contribution in [0.5, 0.6) is 0 Å². The van der Waals surface area contributed by atoms with Gasteiger partial charge in [0.2, 0.25) is 5.91 Å². The van der Waals surface area contributed by atoms with Crippen LogP contribution in [-0.4, -0.2) is 50.2 Å². The molecule has 100 valence electrons. The van der Waals surface area contributed by atoms with E-state index >= 15 is 0 Å². The molecule has 4 nitrogen and oxygen atoms in total. The van der Waals surface area contributed by atoms with Crippen molar-refractivity contribution in [3.63, 3.8) is 0 Å². The molecule has 4 heteroatoms. The van der Waals surface area contributed by atoms with Gasteiger partial charge in [-0.25, -0.2) is 0 Å². The van der Waals surface area contributed by atoms with Crippen molar-refractivity contribution in [1.29, 1.82) is 0 Å². The zero-order valence-electron chi connectivity index (χ0n) is 11.4. The van der Waals surface area contributed by atoms with Gasteiger partial charge in [-0.05, 0) is 24.8 Å². The second-order valence-electron chi connectivity index (χ2n) is 5.85. The predicted octanol–water partition coefficient (Wildman–Crippen LogP) is 1.26. The van der Waals surface area contributed by atoms with E-state index in [0.717, 1.165) is 39.0 Å². The van der Waals surface area contributed by atoms with Crippen LogP contribution >= 0.6 is 0 Å². The molecule has 0 bridgehead atoms. The largest absolute Gasteiger partial charge is 0.372 e. The Morgan fingerprint density at radius 2 is 2.06 bits per heavy atom. The lowest BCUT2D eigenvalue weighted by Crippen LogP contribution is -2.36. The number of hydrogen-bond donors (Lipinski definition) is 1. The highest BCUT2D eigenvalue weighted by Gasteiger charge is 2.15. The summed E-state index contributed by atoms with van der Waals surface area (Å²) in [5.41, 5.74) is 0.273. The Labute approximate surface area is 105 Å². The topological polar surface area (TPSA) is 41.6 Å². The van der Waals surface area contributed by atoms with Gasteiger partial charge >= 0.3 is 0 Å². The number of ether oxygens (including phenoxy) is 1. The summed E-state index contributed by atoms with van der Waals surface area (Å²) >= 11 is 0. The maximum Gasteiger partial charge on any atom is 0.248 e.